The molecule has 0 aliphatic heterocycles. The molecule has 1 aromatic heterocycles. The minimum atomic E-state index is -0.305. The average molecular weight is 288 g/mol. The van der Waals surface area contributed by atoms with E-state index < -0.39 is 0 Å². The first kappa shape index (κ1) is 14.7. The van der Waals surface area contributed by atoms with Gasteiger partial charge >= 0.3 is 0 Å². The smallest absolute Gasteiger partial charge is 0.271 e. The maximum atomic E-state index is 11.4. The Bertz CT molecular complexity index is 606. The molecule has 21 heavy (non-hydrogen) atoms. The van der Waals surface area contributed by atoms with Gasteiger partial charge in [-0.3, -0.25) is 4.79 Å². The molecule has 1 aromatic carbocycles. The molecule has 0 saturated heterocycles. The zero-order valence-corrected chi connectivity index (χ0v) is 11.8. The highest BCUT2D eigenvalue weighted by Crippen LogP contribution is 2.26. The molecular weight excluding hydrogens is 272 g/mol. The zero-order valence-electron chi connectivity index (χ0n) is 11.8. The number of ether oxygens (including phenoxy) is 2. The van der Waals surface area contributed by atoms with Crippen molar-refractivity contribution in [2.75, 3.05) is 14.2 Å². The number of methoxy groups -OCH3 is 1. The van der Waals surface area contributed by atoms with Crippen LogP contribution in [0.2, 0.25) is 0 Å². The molecule has 110 valence electrons. The summed E-state index contributed by atoms with van der Waals surface area (Å²) < 4.78 is 10.8. The van der Waals surface area contributed by atoms with Gasteiger partial charge in [0.25, 0.3) is 5.91 Å². The van der Waals surface area contributed by atoms with Crippen LogP contribution in [0.5, 0.6) is 17.4 Å². The van der Waals surface area contributed by atoms with Crippen LogP contribution in [0.1, 0.15) is 16.1 Å². The van der Waals surface area contributed by atoms with Crippen molar-refractivity contribution >= 4 is 5.91 Å². The number of nitrogens with zero attached hydrogens (tertiary/aromatic N) is 2. The third-order valence-electron chi connectivity index (χ3n) is 2.73. The Morgan fingerprint density at radius 3 is 2.57 bits per heavy atom. The van der Waals surface area contributed by atoms with Gasteiger partial charge in [-0.25, -0.2) is 0 Å². The van der Waals surface area contributed by atoms with Crippen LogP contribution in [0.15, 0.2) is 30.3 Å². The van der Waals surface area contributed by atoms with Crippen molar-refractivity contribution in [3.05, 3.63) is 41.6 Å². The molecule has 0 atom stereocenters. The lowest BCUT2D eigenvalue weighted by atomic mass is 10.2. The third kappa shape index (κ3) is 3.67. The monoisotopic (exact) mass is 288 g/mol. The van der Waals surface area contributed by atoms with Crippen LogP contribution in [-0.2, 0) is 6.54 Å². The Morgan fingerprint density at radius 2 is 2.00 bits per heavy atom. The van der Waals surface area contributed by atoms with E-state index in [9.17, 15) is 4.79 Å². The lowest BCUT2D eigenvalue weighted by Gasteiger charge is -2.09. The molecule has 1 heterocycles. The highest BCUT2D eigenvalue weighted by atomic mass is 16.5. The van der Waals surface area contributed by atoms with Crippen molar-refractivity contribution in [3.8, 4) is 17.4 Å². The molecule has 0 aliphatic carbocycles. The topological polar surface area (TPSA) is 99.4 Å². The second-order valence-electron chi connectivity index (χ2n) is 4.16. The highest BCUT2D eigenvalue weighted by Gasteiger charge is 2.08. The van der Waals surface area contributed by atoms with E-state index in [0.717, 1.165) is 5.56 Å². The second-order valence-corrected chi connectivity index (χ2v) is 4.16. The Labute approximate surface area is 122 Å². The van der Waals surface area contributed by atoms with Gasteiger partial charge in [-0.15, -0.1) is 10.2 Å². The molecule has 0 bridgehead atoms. The summed E-state index contributed by atoms with van der Waals surface area (Å²) in [6, 6.07) is 8.43. The van der Waals surface area contributed by atoms with Crippen molar-refractivity contribution in [1.82, 2.24) is 15.5 Å². The number of nitrogens with two attached hydrogens (primary N) is 1. The first-order valence-electron chi connectivity index (χ1n) is 6.28. The normalized spacial score (nSPS) is 10.0. The average Bonchev–Trinajstić information content (AvgIpc) is 2.54. The van der Waals surface area contributed by atoms with Gasteiger partial charge < -0.3 is 20.5 Å². The quantitative estimate of drug-likeness (QED) is 0.854. The molecule has 7 heteroatoms. The number of rotatable bonds is 5. The SMILES string of the molecule is CNC(=O)c1ccc(Oc2cc(CN)cc(OC)c2)nn1. The highest BCUT2D eigenvalue weighted by molar-refractivity contribution is 5.91. The van der Waals surface area contributed by atoms with E-state index in [2.05, 4.69) is 15.5 Å². The first-order chi connectivity index (χ1) is 10.2. The molecule has 1 amide bonds. The van der Waals surface area contributed by atoms with E-state index in [0.29, 0.717) is 18.0 Å². The molecule has 0 radical (unpaired) electrons. The predicted octanol–water partition coefficient (Wildman–Crippen LogP) is 1.10. The van der Waals surface area contributed by atoms with Gasteiger partial charge in [-0.1, -0.05) is 0 Å². The summed E-state index contributed by atoms with van der Waals surface area (Å²) in [4.78, 5) is 11.4. The summed E-state index contributed by atoms with van der Waals surface area (Å²) in [5.41, 5.74) is 6.72. The summed E-state index contributed by atoms with van der Waals surface area (Å²) in [6.07, 6.45) is 0. The zero-order chi connectivity index (χ0) is 15.2. The molecule has 0 unspecified atom stereocenters. The van der Waals surface area contributed by atoms with Crippen molar-refractivity contribution in [3.63, 3.8) is 0 Å². The number of carbonyl (C=O) groups excluding carboxylic acids is 1. The Hall–Kier alpha value is -2.67. The van der Waals surface area contributed by atoms with E-state index in [1.54, 1.807) is 25.3 Å². The number of hydrogen-bond acceptors (Lipinski definition) is 6. The van der Waals surface area contributed by atoms with E-state index in [1.807, 2.05) is 6.07 Å². The van der Waals surface area contributed by atoms with Gasteiger partial charge in [-0.2, -0.15) is 0 Å². The number of aromatic nitrogens is 2. The van der Waals surface area contributed by atoms with Gasteiger partial charge in [0.2, 0.25) is 5.88 Å². The minimum Gasteiger partial charge on any atom is -0.497 e. The molecule has 2 aromatic rings. The third-order valence-corrected chi connectivity index (χ3v) is 2.73. The van der Waals surface area contributed by atoms with Crippen LogP contribution in [0, 0.1) is 0 Å². The lowest BCUT2D eigenvalue weighted by molar-refractivity contribution is 0.0957. The van der Waals surface area contributed by atoms with Gasteiger partial charge in [0.15, 0.2) is 5.69 Å². The van der Waals surface area contributed by atoms with Gasteiger partial charge in [0.1, 0.15) is 11.5 Å². The summed E-state index contributed by atoms with van der Waals surface area (Å²) in [6.45, 7) is 0.370. The van der Waals surface area contributed by atoms with Crippen LogP contribution >= 0.6 is 0 Å². The largest absolute Gasteiger partial charge is 0.497 e. The summed E-state index contributed by atoms with van der Waals surface area (Å²) in [7, 11) is 3.09. The Balaban J connectivity index is 2.19. The van der Waals surface area contributed by atoms with Gasteiger partial charge in [0, 0.05) is 25.7 Å². The van der Waals surface area contributed by atoms with E-state index in [4.69, 9.17) is 15.2 Å². The van der Waals surface area contributed by atoms with E-state index >= 15 is 0 Å². The molecular formula is C14H16N4O3. The summed E-state index contributed by atoms with van der Waals surface area (Å²) in [5.74, 6) is 1.15. The fourth-order valence-electron chi connectivity index (χ4n) is 1.67. The van der Waals surface area contributed by atoms with Crippen LogP contribution < -0.4 is 20.5 Å². The molecule has 0 fully saturated rings. The lowest BCUT2D eigenvalue weighted by Crippen LogP contribution is -2.19. The molecule has 0 aliphatic rings. The number of hydrogen-bond donors (Lipinski definition) is 2. The van der Waals surface area contributed by atoms with Crippen LogP contribution in [0.25, 0.3) is 0 Å². The standard InChI is InChI=1S/C14H16N4O3/c1-16-14(19)12-3-4-13(18-17-12)21-11-6-9(8-15)5-10(7-11)20-2/h3-7H,8,15H2,1-2H3,(H,16,19). The molecule has 0 saturated carbocycles. The second kappa shape index (κ2) is 6.67. The van der Waals surface area contributed by atoms with Crippen molar-refractivity contribution in [2.24, 2.45) is 5.73 Å². The van der Waals surface area contributed by atoms with E-state index in [-0.39, 0.29) is 17.5 Å². The van der Waals surface area contributed by atoms with Crippen LogP contribution in [0.3, 0.4) is 0 Å². The van der Waals surface area contributed by atoms with Crippen LogP contribution in [0.4, 0.5) is 0 Å². The Morgan fingerprint density at radius 1 is 1.24 bits per heavy atom. The molecule has 2 rings (SSSR count). The van der Waals surface area contributed by atoms with Crippen molar-refractivity contribution < 1.29 is 14.3 Å². The fraction of sp³-hybridized carbons (Fsp3) is 0.214. The van der Waals surface area contributed by atoms with Gasteiger partial charge in [-0.05, 0) is 23.8 Å². The molecule has 7 nitrogen and oxygen atoms in total. The van der Waals surface area contributed by atoms with Crippen molar-refractivity contribution in [1.29, 1.82) is 0 Å². The summed E-state index contributed by atoms with van der Waals surface area (Å²) in [5, 5.41) is 10.1. The predicted molar refractivity (Wildman–Crippen MR) is 76.4 cm³/mol. The number of amides is 1. The molecule has 3 N–H and O–H groups in total. The van der Waals surface area contributed by atoms with E-state index in [1.165, 1.54) is 13.1 Å². The number of benzene rings is 1. The number of nitrogens with one attached hydrogen (secondary N) is 1. The maximum absolute atomic E-state index is 11.4. The van der Waals surface area contributed by atoms with Gasteiger partial charge in [0.05, 0.1) is 7.11 Å². The minimum absolute atomic E-state index is 0.220. The maximum Gasteiger partial charge on any atom is 0.271 e. The number of carbonyl (C=O) groups is 1. The Kier molecular flexibility index (Phi) is 4.68. The molecule has 0 spiro atoms. The first-order valence-corrected chi connectivity index (χ1v) is 6.28. The fourth-order valence-corrected chi connectivity index (χ4v) is 1.67. The van der Waals surface area contributed by atoms with Crippen molar-refractivity contribution in [2.45, 2.75) is 6.54 Å². The summed E-state index contributed by atoms with van der Waals surface area (Å²) >= 11 is 0. The van der Waals surface area contributed by atoms with Crippen LogP contribution in [-0.4, -0.2) is 30.3 Å².